The fraction of sp³-hybridized carbons (Fsp3) is 0.600. The van der Waals surface area contributed by atoms with Gasteiger partial charge in [0.05, 0.1) is 11.2 Å². The molecule has 2 N–H and O–H groups in total. The molecule has 0 aliphatic carbocycles. The Morgan fingerprint density at radius 3 is 2.29 bits per heavy atom. The number of hydrogen-bond donors (Lipinski definition) is 2. The predicted octanol–water partition coefficient (Wildman–Crippen LogP) is 1.28. The van der Waals surface area contributed by atoms with E-state index in [0.29, 0.717) is 13.0 Å². The predicted molar refractivity (Wildman–Crippen MR) is 104 cm³/mol. The molecular weight excluding hydrogens is 361 g/mol. The number of ether oxygens (including phenoxy) is 1. The summed E-state index contributed by atoms with van der Waals surface area (Å²) in [6, 6.07) is 6.43. The summed E-state index contributed by atoms with van der Waals surface area (Å²) in [5.41, 5.74) is 0.840. The van der Waals surface area contributed by atoms with Gasteiger partial charge in [-0.05, 0) is 51.6 Å². The van der Waals surface area contributed by atoms with Crippen LogP contribution in [0.2, 0.25) is 0 Å². The summed E-state index contributed by atoms with van der Waals surface area (Å²) >= 11 is 0. The van der Waals surface area contributed by atoms with Crippen LogP contribution in [0.1, 0.15) is 46.1 Å². The minimum absolute atomic E-state index is 0.192. The van der Waals surface area contributed by atoms with Crippen LogP contribution in [0.5, 0.6) is 0 Å². The number of carboxylic acid groups (broad SMARTS) is 1. The number of rotatable bonds is 6. The summed E-state index contributed by atoms with van der Waals surface area (Å²) in [7, 11) is -0.464. The normalized spacial score (nSPS) is 24.1. The number of nitrogens with one attached hydrogen (secondary N) is 1. The van der Waals surface area contributed by atoms with Crippen LogP contribution in [0.15, 0.2) is 24.3 Å². The van der Waals surface area contributed by atoms with Crippen LogP contribution in [0.3, 0.4) is 0 Å². The highest BCUT2D eigenvalue weighted by molar-refractivity contribution is 6.62. The molecule has 0 aromatic heterocycles. The first kappa shape index (κ1) is 20.8. The van der Waals surface area contributed by atoms with Crippen LogP contribution in [-0.4, -0.2) is 54.1 Å². The van der Waals surface area contributed by atoms with E-state index in [1.54, 1.807) is 0 Å². The van der Waals surface area contributed by atoms with Crippen molar-refractivity contribution in [1.29, 1.82) is 0 Å². The molecule has 2 fully saturated rings. The zero-order chi connectivity index (χ0) is 20.5. The van der Waals surface area contributed by atoms with Crippen molar-refractivity contribution in [3.8, 4) is 0 Å². The SMILES string of the molecule is CC1(C)OB(c2ccc(C[C@H](NC(=O)[C@H]3CCCO3)C(=O)O)cc2)OC1(C)C. The standard InChI is InChI=1S/C20H28BNO6/c1-19(2)20(3,4)28-21(27-19)14-9-7-13(8-10-14)12-15(18(24)25)22-17(23)16-6-5-11-26-16/h7-10,15-16H,5-6,11-12H2,1-4H3,(H,22,23)(H,24,25)/t15-,16+/m0/s1. The molecule has 28 heavy (non-hydrogen) atoms. The monoisotopic (exact) mass is 389 g/mol. The van der Waals surface area contributed by atoms with E-state index in [0.717, 1.165) is 17.4 Å². The lowest BCUT2D eigenvalue weighted by molar-refractivity contribution is -0.143. The fourth-order valence-corrected chi connectivity index (χ4v) is 3.27. The number of amides is 1. The minimum Gasteiger partial charge on any atom is -0.480 e. The van der Waals surface area contributed by atoms with E-state index in [9.17, 15) is 14.7 Å². The molecule has 2 heterocycles. The van der Waals surface area contributed by atoms with Gasteiger partial charge in [-0.3, -0.25) is 4.79 Å². The molecule has 2 aliphatic rings. The number of carboxylic acids is 1. The first-order chi connectivity index (χ1) is 13.1. The summed E-state index contributed by atoms with van der Waals surface area (Å²) in [5, 5.41) is 12.1. The number of carbonyl (C=O) groups is 2. The Labute approximate surface area is 165 Å². The summed E-state index contributed by atoms with van der Waals surface area (Å²) in [6.07, 6.45) is 1.09. The molecule has 0 unspecified atom stereocenters. The molecule has 3 rings (SSSR count). The molecule has 7 nitrogen and oxygen atoms in total. The van der Waals surface area contributed by atoms with Gasteiger partial charge in [0.25, 0.3) is 0 Å². The van der Waals surface area contributed by atoms with Crippen molar-refractivity contribution in [2.24, 2.45) is 0 Å². The highest BCUT2D eigenvalue weighted by Crippen LogP contribution is 2.36. The van der Waals surface area contributed by atoms with E-state index in [4.69, 9.17) is 14.0 Å². The lowest BCUT2D eigenvalue weighted by atomic mass is 9.78. The van der Waals surface area contributed by atoms with Crippen LogP contribution < -0.4 is 10.8 Å². The molecule has 152 valence electrons. The fourth-order valence-electron chi connectivity index (χ4n) is 3.27. The maximum absolute atomic E-state index is 12.2. The lowest BCUT2D eigenvalue weighted by Gasteiger charge is -2.32. The second-order valence-corrected chi connectivity index (χ2v) is 8.44. The Kier molecular flexibility index (Phi) is 5.84. The van der Waals surface area contributed by atoms with Crippen LogP contribution in [0.25, 0.3) is 0 Å². The van der Waals surface area contributed by atoms with Gasteiger partial charge in [0.2, 0.25) is 5.91 Å². The molecule has 1 aromatic rings. The molecule has 0 saturated carbocycles. The number of carbonyl (C=O) groups excluding carboxylic acids is 1. The molecule has 2 saturated heterocycles. The molecule has 2 aliphatic heterocycles. The van der Waals surface area contributed by atoms with E-state index in [1.807, 2.05) is 52.0 Å². The zero-order valence-electron chi connectivity index (χ0n) is 16.9. The van der Waals surface area contributed by atoms with Crippen LogP contribution in [0.4, 0.5) is 0 Å². The van der Waals surface area contributed by atoms with E-state index in [1.165, 1.54) is 0 Å². The van der Waals surface area contributed by atoms with Gasteiger partial charge >= 0.3 is 13.1 Å². The number of hydrogen-bond acceptors (Lipinski definition) is 5. The Bertz CT molecular complexity index is 711. The van der Waals surface area contributed by atoms with Crippen molar-refractivity contribution < 1.29 is 28.7 Å². The highest BCUT2D eigenvalue weighted by Gasteiger charge is 2.51. The van der Waals surface area contributed by atoms with Gasteiger partial charge in [-0.15, -0.1) is 0 Å². The molecule has 1 amide bonds. The largest absolute Gasteiger partial charge is 0.494 e. The maximum atomic E-state index is 12.2. The van der Waals surface area contributed by atoms with Gasteiger partial charge in [-0.25, -0.2) is 4.79 Å². The molecule has 0 bridgehead atoms. The van der Waals surface area contributed by atoms with Gasteiger partial charge in [0, 0.05) is 13.0 Å². The van der Waals surface area contributed by atoms with Gasteiger partial charge in [-0.2, -0.15) is 0 Å². The van der Waals surface area contributed by atoms with Crippen LogP contribution in [0, 0.1) is 0 Å². The quantitative estimate of drug-likeness (QED) is 0.712. The molecule has 0 radical (unpaired) electrons. The molecule has 0 spiro atoms. The van der Waals surface area contributed by atoms with Gasteiger partial charge in [-0.1, -0.05) is 24.3 Å². The van der Waals surface area contributed by atoms with Crippen molar-refractivity contribution in [2.45, 2.75) is 70.3 Å². The van der Waals surface area contributed by atoms with Crippen molar-refractivity contribution >= 4 is 24.5 Å². The van der Waals surface area contributed by atoms with Crippen molar-refractivity contribution in [3.63, 3.8) is 0 Å². The van der Waals surface area contributed by atoms with E-state index >= 15 is 0 Å². The third kappa shape index (κ3) is 4.40. The Morgan fingerprint density at radius 1 is 1.18 bits per heavy atom. The third-order valence-electron chi connectivity index (χ3n) is 5.78. The van der Waals surface area contributed by atoms with E-state index in [-0.39, 0.29) is 12.3 Å². The Balaban J connectivity index is 1.63. The summed E-state index contributed by atoms with van der Waals surface area (Å²) in [4.78, 5) is 23.7. The van der Waals surface area contributed by atoms with E-state index in [2.05, 4.69) is 5.32 Å². The smallest absolute Gasteiger partial charge is 0.480 e. The lowest BCUT2D eigenvalue weighted by Crippen LogP contribution is -2.46. The topological polar surface area (TPSA) is 94.1 Å². The number of aliphatic carboxylic acids is 1. The van der Waals surface area contributed by atoms with Crippen molar-refractivity contribution in [1.82, 2.24) is 5.32 Å². The van der Waals surface area contributed by atoms with Crippen molar-refractivity contribution in [3.05, 3.63) is 29.8 Å². The second-order valence-electron chi connectivity index (χ2n) is 8.44. The minimum atomic E-state index is -1.07. The van der Waals surface area contributed by atoms with Gasteiger partial charge < -0.3 is 24.5 Å². The van der Waals surface area contributed by atoms with Crippen molar-refractivity contribution in [2.75, 3.05) is 6.61 Å². The second kappa shape index (κ2) is 7.85. The van der Waals surface area contributed by atoms with Gasteiger partial charge in [0.1, 0.15) is 12.1 Å². The third-order valence-corrected chi connectivity index (χ3v) is 5.78. The maximum Gasteiger partial charge on any atom is 0.494 e. The average molecular weight is 389 g/mol. The van der Waals surface area contributed by atoms with Crippen LogP contribution >= 0.6 is 0 Å². The van der Waals surface area contributed by atoms with Crippen LogP contribution in [-0.2, 0) is 30.1 Å². The Morgan fingerprint density at radius 2 is 1.79 bits per heavy atom. The molecule has 8 heteroatoms. The molecule has 1 aromatic carbocycles. The summed E-state index contributed by atoms with van der Waals surface area (Å²) in [5.74, 6) is -1.43. The zero-order valence-corrected chi connectivity index (χ0v) is 16.9. The highest BCUT2D eigenvalue weighted by atomic mass is 16.7. The molecule has 2 atom stereocenters. The molecular formula is C20H28BNO6. The first-order valence-corrected chi connectivity index (χ1v) is 9.68. The van der Waals surface area contributed by atoms with Gasteiger partial charge in [0.15, 0.2) is 0 Å². The summed E-state index contributed by atoms with van der Waals surface area (Å²) < 4.78 is 17.4. The number of benzene rings is 1. The Hall–Kier alpha value is -1.90. The summed E-state index contributed by atoms with van der Waals surface area (Å²) in [6.45, 7) is 8.52. The van der Waals surface area contributed by atoms with E-state index < -0.39 is 36.4 Å². The first-order valence-electron chi connectivity index (χ1n) is 9.68. The average Bonchev–Trinajstić information content (AvgIpc) is 3.21.